The molecule has 1 aromatic rings. The fraction of sp³-hybridized carbons (Fsp3) is 0.538. The average molecular weight is 266 g/mol. The molecule has 0 bridgehead atoms. The number of ether oxygens (including phenoxy) is 2. The molecule has 0 saturated carbocycles. The number of rotatable bonds is 6. The summed E-state index contributed by atoms with van der Waals surface area (Å²) in [7, 11) is 1.48. The molecule has 104 valence electrons. The van der Waals surface area contributed by atoms with Crippen LogP contribution in [0.15, 0.2) is 18.2 Å². The predicted octanol–water partition coefficient (Wildman–Crippen LogP) is 1.98. The number of nitrogens with one attached hydrogen (secondary N) is 1. The van der Waals surface area contributed by atoms with E-state index < -0.39 is 4.92 Å². The summed E-state index contributed by atoms with van der Waals surface area (Å²) >= 11 is 0. The second-order valence-electron chi connectivity index (χ2n) is 4.59. The normalized spacial score (nSPS) is 18.3. The number of benzene rings is 1. The standard InChI is InChI=1S/C13H18N2O4/c1-18-11-2-3-13(12(8-11)15(16)17)19-7-5-10-4-6-14-9-10/h2-3,8,10,14H,4-7,9H2,1H3. The van der Waals surface area contributed by atoms with Gasteiger partial charge in [-0.3, -0.25) is 10.1 Å². The first kappa shape index (κ1) is 13.6. The molecule has 0 aliphatic carbocycles. The molecule has 1 aliphatic heterocycles. The van der Waals surface area contributed by atoms with Gasteiger partial charge in [0.05, 0.1) is 24.7 Å². The lowest BCUT2D eigenvalue weighted by atomic mass is 10.1. The van der Waals surface area contributed by atoms with Gasteiger partial charge in [-0.05, 0) is 44.0 Å². The molecule has 1 saturated heterocycles. The van der Waals surface area contributed by atoms with Crippen molar-refractivity contribution in [3.63, 3.8) is 0 Å². The molecule has 19 heavy (non-hydrogen) atoms. The number of nitro groups is 1. The molecule has 6 heteroatoms. The molecule has 1 fully saturated rings. The minimum absolute atomic E-state index is 0.0519. The molecular formula is C13H18N2O4. The molecule has 1 unspecified atom stereocenters. The molecular weight excluding hydrogens is 248 g/mol. The minimum atomic E-state index is -0.449. The summed E-state index contributed by atoms with van der Waals surface area (Å²) in [6.45, 7) is 2.56. The Hall–Kier alpha value is -1.82. The van der Waals surface area contributed by atoms with Crippen molar-refractivity contribution in [2.75, 3.05) is 26.8 Å². The third-order valence-corrected chi connectivity index (χ3v) is 3.31. The Morgan fingerprint density at radius 3 is 3.00 bits per heavy atom. The SMILES string of the molecule is COc1ccc(OCCC2CCNC2)c([N+](=O)[O-])c1. The van der Waals surface area contributed by atoms with E-state index in [4.69, 9.17) is 9.47 Å². The van der Waals surface area contributed by atoms with Crippen LogP contribution in [0.25, 0.3) is 0 Å². The summed E-state index contributed by atoms with van der Waals surface area (Å²) in [4.78, 5) is 10.5. The molecule has 1 aromatic carbocycles. The van der Waals surface area contributed by atoms with Gasteiger partial charge in [-0.15, -0.1) is 0 Å². The van der Waals surface area contributed by atoms with Gasteiger partial charge in [0.15, 0.2) is 5.75 Å². The highest BCUT2D eigenvalue weighted by atomic mass is 16.6. The van der Waals surface area contributed by atoms with E-state index in [1.807, 2.05) is 0 Å². The van der Waals surface area contributed by atoms with Gasteiger partial charge in [0.2, 0.25) is 0 Å². The summed E-state index contributed by atoms with van der Waals surface area (Å²) in [5, 5.41) is 14.3. The largest absolute Gasteiger partial charge is 0.496 e. The number of methoxy groups -OCH3 is 1. The maximum absolute atomic E-state index is 11.0. The van der Waals surface area contributed by atoms with Crippen molar-refractivity contribution in [1.82, 2.24) is 5.32 Å². The Labute approximate surface area is 111 Å². The Balaban J connectivity index is 1.96. The van der Waals surface area contributed by atoms with E-state index in [2.05, 4.69) is 5.32 Å². The van der Waals surface area contributed by atoms with E-state index in [0.29, 0.717) is 24.0 Å². The third kappa shape index (κ3) is 3.57. The summed E-state index contributed by atoms with van der Waals surface area (Å²) < 4.78 is 10.5. The highest BCUT2D eigenvalue weighted by Gasteiger charge is 2.18. The van der Waals surface area contributed by atoms with E-state index in [1.54, 1.807) is 12.1 Å². The molecule has 2 rings (SSSR count). The van der Waals surface area contributed by atoms with Crippen LogP contribution < -0.4 is 14.8 Å². The summed E-state index contributed by atoms with van der Waals surface area (Å²) in [6.07, 6.45) is 2.06. The first-order chi connectivity index (χ1) is 9.20. The van der Waals surface area contributed by atoms with E-state index in [0.717, 1.165) is 25.9 Å². The van der Waals surface area contributed by atoms with Crippen molar-refractivity contribution in [2.24, 2.45) is 5.92 Å². The van der Waals surface area contributed by atoms with Crippen molar-refractivity contribution in [3.8, 4) is 11.5 Å². The predicted molar refractivity (Wildman–Crippen MR) is 70.7 cm³/mol. The summed E-state index contributed by atoms with van der Waals surface area (Å²) in [5.41, 5.74) is -0.0519. The van der Waals surface area contributed by atoms with E-state index in [9.17, 15) is 10.1 Å². The Kier molecular flexibility index (Phi) is 4.57. The van der Waals surface area contributed by atoms with Crippen LogP contribution in [0.5, 0.6) is 11.5 Å². The van der Waals surface area contributed by atoms with E-state index in [-0.39, 0.29) is 5.69 Å². The van der Waals surface area contributed by atoms with Crippen molar-refractivity contribution >= 4 is 5.69 Å². The number of nitro benzene ring substituents is 1. The molecule has 1 atom stereocenters. The van der Waals surface area contributed by atoms with E-state index >= 15 is 0 Å². The lowest BCUT2D eigenvalue weighted by molar-refractivity contribution is -0.385. The van der Waals surface area contributed by atoms with Crippen LogP contribution in [0.4, 0.5) is 5.69 Å². The topological polar surface area (TPSA) is 73.6 Å². The van der Waals surface area contributed by atoms with Crippen LogP contribution in [0, 0.1) is 16.0 Å². The Bertz CT molecular complexity index is 444. The van der Waals surface area contributed by atoms with Gasteiger partial charge in [-0.25, -0.2) is 0 Å². The molecule has 0 radical (unpaired) electrons. The third-order valence-electron chi connectivity index (χ3n) is 3.31. The van der Waals surface area contributed by atoms with Crippen LogP contribution in [0.2, 0.25) is 0 Å². The molecule has 0 amide bonds. The van der Waals surface area contributed by atoms with Crippen LogP contribution in [0.3, 0.4) is 0 Å². The molecule has 6 nitrogen and oxygen atoms in total. The fourth-order valence-corrected chi connectivity index (χ4v) is 2.19. The summed E-state index contributed by atoms with van der Waals surface area (Å²) in [5.74, 6) is 1.37. The van der Waals surface area contributed by atoms with Crippen LogP contribution >= 0.6 is 0 Å². The lowest BCUT2D eigenvalue weighted by Gasteiger charge is -2.10. The van der Waals surface area contributed by atoms with Crippen molar-refractivity contribution < 1.29 is 14.4 Å². The zero-order chi connectivity index (χ0) is 13.7. The molecule has 1 heterocycles. The van der Waals surface area contributed by atoms with Gasteiger partial charge in [-0.1, -0.05) is 0 Å². The van der Waals surface area contributed by atoms with Gasteiger partial charge in [0.25, 0.3) is 0 Å². The van der Waals surface area contributed by atoms with Crippen molar-refractivity contribution in [2.45, 2.75) is 12.8 Å². The van der Waals surface area contributed by atoms with Crippen LogP contribution in [-0.2, 0) is 0 Å². The quantitative estimate of drug-likeness (QED) is 0.629. The summed E-state index contributed by atoms with van der Waals surface area (Å²) in [6, 6.07) is 4.63. The van der Waals surface area contributed by atoms with Crippen molar-refractivity contribution in [1.29, 1.82) is 0 Å². The van der Waals surface area contributed by atoms with Gasteiger partial charge in [0.1, 0.15) is 5.75 Å². The first-order valence-corrected chi connectivity index (χ1v) is 6.36. The van der Waals surface area contributed by atoms with Crippen LogP contribution in [-0.4, -0.2) is 31.7 Å². The zero-order valence-electron chi connectivity index (χ0n) is 10.9. The maximum Gasteiger partial charge on any atom is 0.314 e. The van der Waals surface area contributed by atoms with Gasteiger partial charge in [-0.2, -0.15) is 0 Å². The Morgan fingerprint density at radius 2 is 2.37 bits per heavy atom. The maximum atomic E-state index is 11.0. The van der Waals surface area contributed by atoms with Gasteiger partial charge in [0, 0.05) is 0 Å². The number of hydrogen-bond donors (Lipinski definition) is 1. The average Bonchev–Trinajstić information content (AvgIpc) is 2.92. The fourth-order valence-electron chi connectivity index (χ4n) is 2.19. The highest BCUT2D eigenvalue weighted by Crippen LogP contribution is 2.31. The first-order valence-electron chi connectivity index (χ1n) is 6.36. The molecule has 1 N–H and O–H groups in total. The second kappa shape index (κ2) is 6.38. The molecule has 1 aliphatic rings. The minimum Gasteiger partial charge on any atom is -0.496 e. The van der Waals surface area contributed by atoms with Gasteiger partial charge < -0.3 is 14.8 Å². The van der Waals surface area contributed by atoms with Crippen molar-refractivity contribution in [3.05, 3.63) is 28.3 Å². The smallest absolute Gasteiger partial charge is 0.314 e. The second-order valence-corrected chi connectivity index (χ2v) is 4.59. The number of nitrogens with zero attached hydrogens (tertiary/aromatic N) is 1. The monoisotopic (exact) mass is 266 g/mol. The molecule has 0 spiro atoms. The lowest BCUT2D eigenvalue weighted by Crippen LogP contribution is -2.12. The number of hydrogen-bond acceptors (Lipinski definition) is 5. The Morgan fingerprint density at radius 1 is 1.53 bits per heavy atom. The highest BCUT2D eigenvalue weighted by molar-refractivity contribution is 5.50. The van der Waals surface area contributed by atoms with Crippen LogP contribution in [0.1, 0.15) is 12.8 Å². The van der Waals surface area contributed by atoms with E-state index in [1.165, 1.54) is 13.2 Å². The van der Waals surface area contributed by atoms with Gasteiger partial charge >= 0.3 is 5.69 Å². The zero-order valence-corrected chi connectivity index (χ0v) is 10.9. The molecule has 0 aromatic heterocycles.